The molecule has 0 aromatic rings. The standard InChI is InChI=1S/C11H21NO4P.C5H12O3Si/c1-9(2)11(14)16-6-7-17(15)10(13)8-12(3,4)5;1-5-9(6-2,7-3)8-4/h15H,1,6-8H2,2-5H3;5H,1H2,2-4H3/q+1;. The predicted molar refractivity (Wildman–Crippen MR) is 105 cm³/mol. The minimum Gasteiger partial charge on any atom is -0.462 e. The smallest absolute Gasteiger partial charge is 0.462 e. The second kappa shape index (κ2) is 13.3. The lowest BCUT2D eigenvalue weighted by atomic mass is 10.4. The Balaban J connectivity index is 0. The van der Waals surface area contributed by atoms with Crippen LogP contribution in [0.1, 0.15) is 6.92 Å². The Morgan fingerprint density at radius 1 is 1.15 bits per heavy atom. The average molecular weight is 411 g/mol. The van der Waals surface area contributed by atoms with E-state index in [1.807, 2.05) is 21.1 Å². The summed E-state index contributed by atoms with van der Waals surface area (Å²) in [5, 5.41) is 0. The fraction of sp³-hybridized carbons (Fsp3) is 0.625. The third-order valence-corrected chi connectivity index (χ3v) is 6.42. The Labute approximate surface area is 159 Å². The van der Waals surface area contributed by atoms with E-state index in [4.69, 9.17) is 18.0 Å². The minimum atomic E-state index is -2.43. The van der Waals surface area contributed by atoms with E-state index in [1.165, 1.54) is 0 Å². The fourth-order valence-corrected chi connectivity index (χ4v) is 3.56. The highest BCUT2D eigenvalue weighted by Gasteiger charge is 2.33. The molecule has 152 valence electrons. The molecule has 0 saturated heterocycles. The molecule has 0 heterocycles. The molecule has 8 nitrogen and oxygen atoms in total. The zero-order chi connectivity index (χ0) is 21.0. The molecule has 0 aromatic carbocycles. The number of likely N-dealkylation sites (N-methyl/N-ethyl adjacent to an activating group) is 1. The quantitative estimate of drug-likeness (QED) is 0.181. The van der Waals surface area contributed by atoms with Crippen LogP contribution in [-0.2, 0) is 27.6 Å². The van der Waals surface area contributed by atoms with Gasteiger partial charge in [-0.25, -0.2) is 4.79 Å². The monoisotopic (exact) mass is 410 g/mol. The van der Waals surface area contributed by atoms with Crippen LogP contribution in [0.15, 0.2) is 24.4 Å². The Hall–Kier alpha value is -0.933. The summed E-state index contributed by atoms with van der Waals surface area (Å²) < 4.78 is 20.2. The normalized spacial score (nSPS) is 12.5. The molecule has 0 aliphatic heterocycles. The first-order valence-electron chi connectivity index (χ1n) is 7.79. The fourth-order valence-electron chi connectivity index (χ4n) is 1.46. The van der Waals surface area contributed by atoms with Gasteiger partial charge in [-0.2, -0.15) is 0 Å². The molecule has 1 atom stereocenters. The molecule has 1 unspecified atom stereocenters. The summed E-state index contributed by atoms with van der Waals surface area (Å²) in [6, 6.07) is 0. The zero-order valence-corrected chi connectivity index (χ0v) is 18.8. The molecule has 0 aliphatic rings. The molecule has 0 amide bonds. The number of ether oxygens (including phenoxy) is 1. The molecular formula is C16H33NO7PSi+. The highest BCUT2D eigenvalue weighted by Crippen LogP contribution is 2.30. The molecule has 10 heteroatoms. The number of quaternary nitrogens is 1. The van der Waals surface area contributed by atoms with Gasteiger partial charge in [0.1, 0.15) is 14.7 Å². The van der Waals surface area contributed by atoms with Crippen LogP contribution in [0.2, 0.25) is 0 Å². The van der Waals surface area contributed by atoms with Crippen LogP contribution >= 0.6 is 8.15 Å². The third kappa shape index (κ3) is 12.4. The van der Waals surface area contributed by atoms with Gasteiger partial charge in [0.15, 0.2) is 0 Å². The number of carbonyl (C=O) groups is 2. The molecule has 0 aromatic heterocycles. The third-order valence-electron chi connectivity index (χ3n) is 2.89. The summed E-state index contributed by atoms with van der Waals surface area (Å²) in [6.07, 6.45) is 0.188. The zero-order valence-electron chi connectivity index (χ0n) is 16.9. The summed E-state index contributed by atoms with van der Waals surface area (Å²) in [4.78, 5) is 32.2. The number of esters is 1. The lowest BCUT2D eigenvalue weighted by Crippen LogP contribution is -2.40. The number of rotatable bonds is 11. The summed E-state index contributed by atoms with van der Waals surface area (Å²) in [7, 11) is 6.11. The molecule has 0 bridgehead atoms. The molecule has 26 heavy (non-hydrogen) atoms. The van der Waals surface area contributed by atoms with Crippen LogP contribution in [0.25, 0.3) is 0 Å². The van der Waals surface area contributed by atoms with Gasteiger partial charge in [-0.3, -0.25) is 4.79 Å². The van der Waals surface area contributed by atoms with Crippen molar-refractivity contribution in [3.63, 3.8) is 0 Å². The molecule has 0 radical (unpaired) electrons. The first kappa shape index (κ1) is 27.3. The highest BCUT2D eigenvalue weighted by atomic mass is 31.1. The van der Waals surface area contributed by atoms with Gasteiger partial charge in [-0.1, -0.05) is 13.2 Å². The van der Waals surface area contributed by atoms with Crippen molar-refractivity contribution in [2.45, 2.75) is 6.92 Å². The maximum Gasteiger partial charge on any atom is 0.528 e. The first-order valence-corrected chi connectivity index (χ1v) is 11.1. The maximum absolute atomic E-state index is 11.6. The molecule has 0 spiro atoms. The van der Waals surface area contributed by atoms with E-state index < -0.39 is 22.9 Å². The second-order valence-corrected chi connectivity index (χ2v) is 10.9. The minimum absolute atomic E-state index is 0.0524. The van der Waals surface area contributed by atoms with Gasteiger partial charge >= 0.3 is 14.8 Å². The van der Waals surface area contributed by atoms with Crippen molar-refractivity contribution in [1.82, 2.24) is 0 Å². The van der Waals surface area contributed by atoms with Gasteiger partial charge in [0, 0.05) is 33.1 Å². The van der Waals surface area contributed by atoms with Crippen molar-refractivity contribution < 1.29 is 37.0 Å². The first-order chi connectivity index (χ1) is 11.9. The number of hydrogen-bond acceptors (Lipinski definition) is 7. The Morgan fingerprint density at radius 3 is 1.88 bits per heavy atom. The predicted octanol–water partition coefficient (Wildman–Crippen LogP) is 1.32. The maximum atomic E-state index is 11.6. The topological polar surface area (TPSA) is 91.3 Å². The summed E-state index contributed by atoms with van der Waals surface area (Å²) in [5.74, 6) is -0.493. The molecule has 0 fully saturated rings. The van der Waals surface area contributed by atoms with Gasteiger partial charge in [-0.05, 0) is 12.6 Å². The van der Waals surface area contributed by atoms with Crippen LogP contribution in [0.5, 0.6) is 0 Å². The van der Waals surface area contributed by atoms with Gasteiger partial charge in [-0.15, -0.1) is 0 Å². The van der Waals surface area contributed by atoms with Gasteiger partial charge < -0.3 is 27.4 Å². The molecule has 0 rings (SSSR count). The van der Waals surface area contributed by atoms with E-state index in [-0.39, 0.29) is 24.8 Å². The molecule has 1 N–H and O–H groups in total. The van der Waals surface area contributed by atoms with Gasteiger partial charge in [0.05, 0.1) is 27.7 Å². The van der Waals surface area contributed by atoms with Crippen molar-refractivity contribution in [3.8, 4) is 0 Å². The van der Waals surface area contributed by atoms with Crippen LogP contribution in [0.3, 0.4) is 0 Å². The Morgan fingerprint density at radius 2 is 1.62 bits per heavy atom. The van der Waals surface area contributed by atoms with E-state index in [1.54, 1.807) is 34.0 Å². The van der Waals surface area contributed by atoms with Crippen molar-refractivity contribution in [3.05, 3.63) is 24.4 Å². The summed E-state index contributed by atoms with van der Waals surface area (Å²) in [5.41, 5.74) is 1.70. The highest BCUT2D eigenvalue weighted by molar-refractivity contribution is 7.69. The van der Waals surface area contributed by atoms with Crippen molar-refractivity contribution >= 4 is 28.4 Å². The summed E-state index contributed by atoms with van der Waals surface area (Å²) in [6.45, 7) is 8.84. The van der Waals surface area contributed by atoms with E-state index in [0.29, 0.717) is 10.1 Å². The van der Waals surface area contributed by atoms with Crippen molar-refractivity contribution in [2.24, 2.45) is 0 Å². The average Bonchev–Trinajstić information content (AvgIpc) is 2.56. The number of hydrogen-bond donors (Lipinski definition) is 1. The van der Waals surface area contributed by atoms with E-state index in [9.17, 15) is 14.5 Å². The Bertz CT molecular complexity index is 467. The lowest BCUT2D eigenvalue weighted by Gasteiger charge is -2.23. The molecular weight excluding hydrogens is 377 g/mol. The van der Waals surface area contributed by atoms with Gasteiger partial charge in [0.25, 0.3) is 0 Å². The second-order valence-electron chi connectivity index (χ2n) is 6.30. The van der Waals surface area contributed by atoms with E-state index in [0.717, 1.165) is 0 Å². The van der Waals surface area contributed by atoms with Crippen LogP contribution in [0, 0.1) is 0 Å². The largest absolute Gasteiger partial charge is 0.528 e. The van der Waals surface area contributed by atoms with Crippen molar-refractivity contribution in [1.29, 1.82) is 0 Å². The SMILES string of the molecule is C=C(C)C(=O)OCCP(O)C(=O)C[N+](C)(C)C.C=C[Si](OC)(OC)OC. The number of nitrogens with zero attached hydrogens (tertiary/aromatic N) is 1. The lowest BCUT2D eigenvalue weighted by molar-refractivity contribution is -0.861. The number of carbonyl (C=O) groups excluding carboxylic acids is 2. The van der Waals surface area contributed by atoms with Gasteiger partial charge in [0.2, 0.25) is 5.52 Å². The van der Waals surface area contributed by atoms with Crippen LogP contribution < -0.4 is 0 Å². The van der Waals surface area contributed by atoms with Crippen LogP contribution in [0.4, 0.5) is 0 Å². The van der Waals surface area contributed by atoms with E-state index in [2.05, 4.69) is 13.2 Å². The summed E-state index contributed by atoms with van der Waals surface area (Å²) >= 11 is 0. The molecule has 0 saturated carbocycles. The Kier molecular flexibility index (Phi) is 13.9. The molecule has 0 aliphatic carbocycles. The van der Waals surface area contributed by atoms with Crippen molar-refractivity contribution in [2.75, 3.05) is 61.8 Å². The van der Waals surface area contributed by atoms with E-state index >= 15 is 0 Å². The van der Waals surface area contributed by atoms with Crippen LogP contribution in [-0.4, -0.2) is 91.5 Å².